The second-order valence-corrected chi connectivity index (χ2v) is 3.33. The predicted octanol–water partition coefficient (Wildman–Crippen LogP) is 1.93. The second kappa shape index (κ2) is 3.21. The minimum atomic E-state index is 0.165. The van der Waals surface area contributed by atoms with Crippen molar-refractivity contribution in [3.63, 3.8) is 0 Å². The molecule has 1 unspecified atom stereocenters. The van der Waals surface area contributed by atoms with E-state index in [1.807, 2.05) is 13.0 Å². The Bertz CT molecular complexity index is 207. The molecule has 0 aliphatic rings. The summed E-state index contributed by atoms with van der Waals surface area (Å²) in [5, 5.41) is 0. The molecule has 0 aliphatic heterocycles. The van der Waals surface area contributed by atoms with Crippen LogP contribution in [0.25, 0.3) is 0 Å². The standard InChI is InChI=1S/C7H10BrNO/c1-5(9)2-7-3-6(8)4-10-7/h3-5H,2,9H2,1H3. The van der Waals surface area contributed by atoms with Gasteiger partial charge in [0.15, 0.2) is 0 Å². The predicted molar refractivity (Wildman–Crippen MR) is 43.8 cm³/mol. The van der Waals surface area contributed by atoms with Crippen LogP contribution in [0.2, 0.25) is 0 Å². The van der Waals surface area contributed by atoms with Crippen LogP contribution in [0.4, 0.5) is 0 Å². The van der Waals surface area contributed by atoms with Crippen molar-refractivity contribution < 1.29 is 4.42 Å². The molecule has 0 aliphatic carbocycles. The van der Waals surface area contributed by atoms with Gasteiger partial charge in [0.1, 0.15) is 12.0 Å². The Morgan fingerprint density at radius 3 is 2.90 bits per heavy atom. The van der Waals surface area contributed by atoms with Gasteiger partial charge in [-0.15, -0.1) is 0 Å². The number of hydrogen-bond acceptors (Lipinski definition) is 2. The fourth-order valence-electron chi connectivity index (χ4n) is 0.778. The lowest BCUT2D eigenvalue weighted by Crippen LogP contribution is -2.17. The van der Waals surface area contributed by atoms with Gasteiger partial charge in [0.25, 0.3) is 0 Å². The van der Waals surface area contributed by atoms with E-state index in [0.29, 0.717) is 0 Å². The summed E-state index contributed by atoms with van der Waals surface area (Å²) in [6.07, 6.45) is 2.46. The summed E-state index contributed by atoms with van der Waals surface area (Å²) < 4.78 is 6.12. The molecule has 10 heavy (non-hydrogen) atoms. The van der Waals surface area contributed by atoms with Crippen LogP contribution in [0, 0.1) is 0 Å². The molecule has 1 heterocycles. The highest BCUT2D eigenvalue weighted by molar-refractivity contribution is 9.10. The first-order valence-corrected chi connectivity index (χ1v) is 3.96. The van der Waals surface area contributed by atoms with Crippen molar-refractivity contribution in [3.05, 3.63) is 22.6 Å². The molecule has 1 aromatic heterocycles. The Morgan fingerprint density at radius 2 is 2.50 bits per heavy atom. The van der Waals surface area contributed by atoms with E-state index in [9.17, 15) is 0 Å². The highest BCUT2D eigenvalue weighted by atomic mass is 79.9. The summed E-state index contributed by atoms with van der Waals surface area (Å²) in [4.78, 5) is 0. The van der Waals surface area contributed by atoms with E-state index in [1.54, 1.807) is 6.26 Å². The lowest BCUT2D eigenvalue weighted by molar-refractivity contribution is 0.491. The lowest BCUT2D eigenvalue weighted by atomic mass is 10.2. The van der Waals surface area contributed by atoms with Crippen LogP contribution >= 0.6 is 15.9 Å². The molecule has 0 spiro atoms. The molecule has 0 amide bonds. The van der Waals surface area contributed by atoms with Gasteiger partial charge in [0.2, 0.25) is 0 Å². The van der Waals surface area contributed by atoms with Crippen LogP contribution in [0.5, 0.6) is 0 Å². The molecular formula is C7H10BrNO. The zero-order chi connectivity index (χ0) is 7.56. The van der Waals surface area contributed by atoms with Crippen molar-refractivity contribution in [2.45, 2.75) is 19.4 Å². The average Bonchev–Trinajstić information content (AvgIpc) is 2.13. The van der Waals surface area contributed by atoms with Crippen LogP contribution in [0.1, 0.15) is 12.7 Å². The minimum Gasteiger partial charge on any atom is -0.468 e. The fraction of sp³-hybridized carbons (Fsp3) is 0.429. The average molecular weight is 204 g/mol. The van der Waals surface area contributed by atoms with Crippen LogP contribution in [0.3, 0.4) is 0 Å². The van der Waals surface area contributed by atoms with E-state index in [-0.39, 0.29) is 6.04 Å². The smallest absolute Gasteiger partial charge is 0.106 e. The number of hydrogen-bond donors (Lipinski definition) is 1. The first-order chi connectivity index (χ1) is 4.68. The van der Waals surface area contributed by atoms with Crippen molar-refractivity contribution in [2.75, 3.05) is 0 Å². The maximum Gasteiger partial charge on any atom is 0.106 e. The van der Waals surface area contributed by atoms with Crippen LogP contribution in [0.15, 0.2) is 21.2 Å². The largest absolute Gasteiger partial charge is 0.468 e. The van der Waals surface area contributed by atoms with Crippen molar-refractivity contribution in [2.24, 2.45) is 5.73 Å². The van der Waals surface area contributed by atoms with E-state index in [2.05, 4.69) is 15.9 Å². The molecule has 1 rings (SSSR count). The third-order valence-electron chi connectivity index (χ3n) is 1.14. The van der Waals surface area contributed by atoms with Gasteiger partial charge in [-0.2, -0.15) is 0 Å². The quantitative estimate of drug-likeness (QED) is 0.799. The summed E-state index contributed by atoms with van der Waals surface area (Å²) in [6, 6.07) is 2.10. The highest BCUT2D eigenvalue weighted by Crippen LogP contribution is 2.14. The maximum absolute atomic E-state index is 5.56. The summed E-state index contributed by atoms with van der Waals surface area (Å²) in [5.74, 6) is 0.932. The Labute approximate surface area is 68.5 Å². The SMILES string of the molecule is CC(N)Cc1cc(Br)co1. The molecule has 0 bridgehead atoms. The first-order valence-electron chi connectivity index (χ1n) is 3.17. The van der Waals surface area contributed by atoms with E-state index < -0.39 is 0 Å². The molecular weight excluding hydrogens is 194 g/mol. The van der Waals surface area contributed by atoms with Gasteiger partial charge in [-0.25, -0.2) is 0 Å². The molecule has 2 N–H and O–H groups in total. The van der Waals surface area contributed by atoms with Gasteiger partial charge in [0, 0.05) is 12.5 Å². The van der Waals surface area contributed by atoms with Crippen molar-refractivity contribution in [1.29, 1.82) is 0 Å². The Morgan fingerprint density at radius 1 is 1.80 bits per heavy atom. The molecule has 1 atom stereocenters. The number of rotatable bonds is 2. The van der Waals surface area contributed by atoms with Crippen molar-refractivity contribution in [3.8, 4) is 0 Å². The monoisotopic (exact) mass is 203 g/mol. The molecule has 0 fully saturated rings. The van der Waals surface area contributed by atoms with Gasteiger partial charge in [-0.1, -0.05) is 0 Å². The summed E-state index contributed by atoms with van der Waals surface area (Å²) in [5.41, 5.74) is 5.56. The first kappa shape index (κ1) is 7.82. The molecule has 2 nitrogen and oxygen atoms in total. The van der Waals surface area contributed by atoms with E-state index in [4.69, 9.17) is 10.2 Å². The molecule has 1 aromatic rings. The molecule has 3 heteroatoms. The minimum absolute atomic E-state index is 0.165. The Balaban J connectivity index is 2.58. The summed E-state index contributed by atoms with van der Waals surface area (Å²) >= 11 is 3.29. The molecule has 56 valence electrons. The third kappa shape index (κ3) is 2.15. The molecule has 0 aromatic carbocycles. The fourth-order valence-corrected chi connectivity index (χ4v) is 1.13. The van der Waals surface area contributed by atoms with Gasteiger partial charge in [-0.05, 0) is 28.9 Å². The van der Waals surface area contributed by atoms with Gasteiger partial charge in [-0.3, -0.25) is 0 Å². The summed E-state index contributed by atoms with van der Waals surface area (Å²) in [6.45, 7) is 1.95. The Hall–Kier alpha value is -0.280. The lowest BCUT2D eigenvalue weighted by Gasteiger charge is -1.98. The Kier molecular flexibility index (Phi) is 2.51. The summed E-state index contributed by atoms with van der Waals surface area (Å²) in [7, 11) is 0. The van der Waals surface area contributed by atoms with E-state index in [0.717, 1.165) is 16.7 Å². The zero-order valence-electron chi connectivity index (χ0n) is 5.80. The van der Waals surface area contributed by atoms with Crippen LogP contribution < -0.4 is 5.73 Å². The van der Waals surface area contributed by atoms with Gasteiger partial charge < -0.3 is 10.2 Å². The normalized spacial score (nSPS) is 13.5. The highest BCUT2D eigenvalue weighted by Gasteiger charge is 2.01. The second-order valence-electron chi connectivity index (χ2n) is 2.41. The van der Waals surface area contributed by atoms with E-state index >= 15 is 0 Å². The van der Waals surface area contributed by atoms with Gasteiger partial charge >= 0.3 is 0 Å². The molecule has 0 saturated heterocycles. The third-order valence-corrected chi connectivity index (χ3v) is 1.56. The number of furan rings is 1. The number of nitrogens with two attached hydrogens (primary N) is 1. The van der Waals surface area contributed by atoms with Crippen molar-refractivity contribution >= 4 is 15.9 Å². The maximum atomic E-state index is 5.56. The molecule has 0 saturated carbocycles. The van der Waals surface area contributed by atoms with E-state index in [1.165, 1.54) is 0 Å². The van der Waals surface area contributed by atoms with Gasteiger partial charge in [0.05, 0.1) is 4.47 Å². The topological polar surface area (TPSA) is 39.2 Å². The van der Waals surface area contributed by atoms with Crippen LogP contribution in [-0.4, -0.2) is 6.04 Å². The number of halogens is 1. The zero-order valence-corrected chi connectivity index (χ0v) is 7.39. The van der Waals surface area contributed by atoms with Crippen molar-refractivity contribution in [1.82, 2.24) is 0 Å². The molecule has 0 radical (unpaired) electrons. The van der Waals surface area contributed by atoms with Crippen LogP contribution in [-0.2, 0) is 6.42 Å².